The summed E-state index contributed by atoms with van der Waals surface area (Å²) in [6.07, 6.45) is -2.66. The van der Waals surface area contributed by atoms with Crippen LogP contribution in [0, 0.1) is 17.8 Å². The van der Waals surface area contributed by atoms with E-state index in [1.54, 1.807) is 49.7 Å². The van der Waals surface area contributed by atoms with Gasteiger partial charge in [0.05, 0.1) is 37.6 Å². The first-order valence-electron chi connectivity index (χ1n) is 15.3. The number of alkyl halides is 3. The van der Waals surface area contributed by atoms with Crippen molar-refractivity contribution in [3.8, 4) is 17.6 Å². The van der Waals surface area contributed by atoms with Gasteiger partial charge in [-0.2, -0.15) is 13.2 Å². The second-order valence-corrected chi connectivity index (χ2v) is 15.3. The molecule has 8 nitrogen and oxygen atoms in total. The lowest BCUT2D eigenvalue weighted by Gasteiger charge is -2.38. The van der Waals surface area contributed by atoms with Crippen LogP contribution in [0.15, 0.2) is 42.5 Å². The SMILES string of the molecule is CN1CC[C@@H]2Nc3cccc4c3cc(n4CC(F)(F)F)C#CCNc3cc(cc(P(C)(C)=O)c3)OCCOCCOCC[C@H]2C1. The summed E-state index contributed by atoms with van der Waals surface area (Å²) in [4.78, 5) is 2.30. The maximum Gasteiger partial charge on any atom is 0.406 e. The number of nitrogens with one attached hydrogen (secondary N) is 2. The molecule has 45 heavy (non-hydrogen) atoms. The molecule has 3 heterocycles. The average Bonchev–Trinajstić information content (AvgIpc) is 3.31. The van der Waals surface area contributed by atoms with Crippen LogP contribution in [0.2, 0.25) is 0 Å². The minimum absolute atomic E-state index is 0.150. The van der Waals surface area contributed by atoms with Gasteiger partial charge in [0.2, 0.25) is 0 Å². The van der Waals surface area contributed by atoms with E-state index in [9.17, 15) is 17.7 Å². The number of ether oxygens (including phenoxy) is 3. The van der Waals surface area contributed by atoms with Gasteiger partial charge in [-0.1, -0.05) is 12.0 Å². The van der Waals surface area contributed by atoms with Crippen LogP contribution < -0.4 is 20.7 Å². The molecule has 2 atom stereocenters. The quantitative estimate of drug-likeness (QED) is 0.283. The first-order valence-corrected chi connectivity index (χ1v) is 17.9. The van der Waals surface area contributed by atoms with Crippen LogP contribution in [0.1, 0.15) is 18.5 Å². The molecule has 0 amide bonds. The Balaban J connectivity index is 1.48. The van der Waals surface area contributed by atoms with Crippen molar-refractivity contribution >= 4 is 34.7 Å². The summed E-state index contributed by atoms with van der Waals surface area (Å²) in [5.41, 5.74) is 2.22. The van der Waals surface area contributed by atoms with Crippen molar-refractivity contribution in [2.24, 2.45) is 5.92 Å². The van der Waals surface area contributed by atoms with E-state index in [1.165, 1.54) is 4.57 Å². The van der Waals surface area contributed by atoms with Crippen molar-refractivity contribution in [2.75, 3.05) is 83.7 Å². The van der Waals surface area contributed by atoms with Crippen LogP contribution in [0.4, 0.5) is 24.5 Å². The number of nitrogens with zero attached hydrogens (tertiary/aromatic N) is 2. The molecule has 1 aromatic heterocycles. The predicted octanol–water partition coefficient (Wildman–Crippen LogP) is 5.46. The van der Waals surface area contributed by atoms with Gasteiger partial charge >= 0.3 is 6.18 Å². The lowest BCUT2D eigenvalue weighted by Crippen LogP contribution is -2.45. The maximum absolute atomic E-state index is 13.8. The van der Waals surface area contributed by atoms with Crippen LogP contribution >= 0.6 is 7.14 Å². The smallest absolute Gasteiger partial charge is 0.406 e. The third kappa shape index (κ3) is 9.20. The van der Waals surface area contributed by atoms with Gasteiger partial charge in [0.15, 0.2) is 0 Å². The van der Waals surface area contributed by atoms with Gasteiger partial charge in [-0.3, -0.25) is 0 Å². The monoisotopic (exact) mass is 646 g/mol. The molecule has 1 saturated heterocycles. The Kier molecular flexibility index (Phi) is 10.7. The minimum atomic E-state index is -4.41. The molecule has 3 aromatic rings. The summed E-state index contributed by atoms with van der Waals surface area (Å²) >= 11 is 0. The van der Waals surface area contributed by atoms with E-state index in [1.807, 2.05) is 6.07 Å². The highest BCUT2D eigenvalue weighted by molar-refractivity contribution is 7.70. The second-order valence-electron chi connectivity index (χ2n) is 12.1. The fourth-order valence-electron chi connectivity index (χ4n) is 5.90. The van der Waals surface area contributed by atoms with Gasteiger partial charge < -0.3 is 38.9 Å². The molecule has 244 valence electrons. The molecule has 2 aromatic carbocycles. The molecule has 2 N–H and O–H groups in total. The van der Waals surface area contributed by atoms with Gasteiger partial charge in [-0.25, -0.2) is 0 Å². The number of piperidine rings is 1. The number of halogens is 3. The number of fused-ring (bicyclic) bond motifs is 4. The minimum Gasteiger partial charge on any atom is -0.491 e. The topological polar surface area (TPSA) is 77.0 Å². The Labute approximate surface area is 262 Å². The number of hydrogen-bond donors (Lipinski definition) is 2. The second kappa shape index (κ2) is 14.5. The van der Waals surface area contributed by atoms with Crippen molar-refractivity contribution in [3.05, 3.63) is 48.2 Å². The van der Waals surface area contributed by atoms with Crippen molar-refractivity contribution in [1.82, 2.24) is 9.47 Å². The van der Waals surface area contributed by atoms with E-state index in [0.717, 1.165) is 31.6 Å². The number of benzene rings is 2. The first-order chi connectivity index (χ1) is 21.5. The van der Waals surface area contributed by atoms with Gasteiger partial charge in [0.1, 0.15) is 26.0 Å². The van der Waals surface area contributed by atoms with Gasteiger partial charge in [-0.05, 0) is 81.9 Å². The number of rotatable bonds is 2. The predicted molar refractivity (Wildman–Crippen MR) is 174 cm³/mol. The van der Waals surface area contributed by atoms with E-state index >= 15 is 0 Å². The number of likely N-dealkylation sites (tertiary alicyclic amines) is 1. The Bertz CT molecular complexity index is 1580. The summed E-state index contributed by atoms with van der Waals surface area (Å²) in [5, 5.41) is 8.23. The molecule has 1 fully saturated rings. The Hall–Kier alpha value is -3.16. The zero-order valence-corrected chi connectivity index (χ0v) is 27.0. The number of hydrogen-bond acceptors (Lipinski definition) is 7. The highest BCUT2D eigenvalue weighted by Crippen LogP contribution is 2.37. The van der Waals surface area contributed by atoms with Gasteiger partial charge in [0.25, 0.3) is 0 Å². The van der Waals surface area contributed by atoms with Crippen LogP contribution in [0.3, 0.4) is 0 Å². The summed E-state index contributed by atoms with van der Waals surface area (Å²) in [6.45, 7) is 6.41. The molecular formula is C33H42F3N4O4P. The van der Waals surface area contributed by atoms with Crippen molar-refractivity contribution in [2.45, 2.75) is 31.6 Å². The van der Waals surface area contributed by atoms with Crippen LogP contribution in [0.5, 0.6) is 5.75 Å². The molecule has 0 radical (unpaired) electrons. The molecule has 4 bridgehead atoms. The zero-order valence-electron chi connectivity index (χ0n) is 26.1. The molecule has 0 saturated carbocycles. The van der Waals surface area contributed by atoms with Crippen molar-refractivity contribution in [3.63, 3.8) is 0 Å². The molecule has 12 heteroatoms. The molecule has 0 spiro atoms. The van der Waals surface area contributed by atoms with Crippen molar-refractivity contribution < 1.29 is 31.9 Å². The van der Waals surface area contributed by atoms with Gasteiger partial charge in [-0.15, -0.1) is 0 Å². The van der Waals surface area contributed by atoms with E-state index in [0.29, 0.717) is 66.6 Å². The maximum atomic E-state index is 13.8. The molecule has 2 aliphatic rings. The van der Waals surface area contributed by atoms with Crippen LogP contribution in [0.25, 0.3) is 10.9 Å². The standard InChI is InChI=1S/C33H42F3N4O4P/c1-39-12-9-30-24(22-39)10-13-42-14-15-43-16-17-44-27-18-25(19-28(21-27)45(2,3)41)37-11-5-6-26-20-29-31(38-30)7-4-8-32(29)40(26)23-33(34,35)36/h4,7-8,18-21,24,30,37-38H,9-17,22-23H2,1-3H3/t24-,30-/m0/s1. The lowest BCUT2D eigenvalue weighted by molar-refractivity contribution is -0.140. The van der Waals surface area contributed by atoms with E-state index < -0.39 is 19.9 Å². The molecule has 2 aliphatic heterocycles. The van der Waals surface area contributed by atoms with E-state index in [-0.39, 0.29) is 18.3 Å². The van der Waals surface area contributed by atoms with Gasteiger partial charge in [0, 0.05) is 47.3 Å². The van der Waals surface area contributed by atoms with Crippen LogP contribution in [-0.4, -0.2) is 94.7 Å². The summed E-state index contributed by atoms with van der Waals surface area (Å²) < 4.78 is 72.9. The van der Waals surface area contributed by atoms with Crippen LogP contribution in [-0.2, 0) is 20.6 Å². The molecule has 0 unspecified atom stereocenters. The first kappa shape index (κ1) is 33.2. The molecule has 0 aliphatic carbocycles. The third-order valence-corrected chi connectivity index (χ3v) is 9.67. The fourth-order valence-corrected chi connectivity index (χ4v) is 6.78. The highest BCUT2D eigenvalue weighted by Gasteiger charge is 2.31. The normalized spacial score (nSPS) is 21.1. The summed E-state index contributed by atoms with van der Waals surface area (Å²) in [5.74, 6) is 6.81. The Morgan fingerprint density at radius 2 is 1.80 bits per heavy atom. The van der Waals surface area contributed by atoms with E-state index in [2.05, 4.69) is 34.4 Å². The number of aromatic nitrogens is 1. The van der Waals surface area contributed by atoms with E-state index in [4.69, 9.17) is 14.2 Å². The lowest BCUT2D eigenvalue weighted by atomic mass is 9.89. The molecular weight excluding hydrogens is 604 g/mol. The highest BCUT2D eigenvalue weighted by atomic mass is 31.2. The fraction of sp³-hybridized carbons (Fsp3) is 0.515. The zero-order chi connectivity index (χ0) is 32.0. The largest absolute Gasteiger partial charge is 0.491 e. The number of anilines is 2. The Morgan fingerprint density at radius 1 is 1.02 bits per heavy atom. The third-order valence-electron chi connectivity index (χ3n) is 8.17. The average molecular weight is 647 g/mol. The summed E-state index contributed by atoms with van der Waals surface area (Å²) in [6, 6.07) is 12.7. The van der Waals surface area contributed by atoms with Crippen molar-refractivity contribution in [1.29, 1.82) is 0 Å². The Morgan fingerprint density at radius 3 is 2.58 bits per heavy atom. The summed E-state index contributed by atoms with van der Waals surface area (Å²) in [7, 11) is -0.495. The molecule has 5 rings (SSSR count).